The van der Waals surface area contributed by atoms with Crippen LogP contribution in [-0.2, 0) is 14.8 Å². The zero-order valence-electron chi connectivity index (χ0n) is 18.2. The van der Waals surface area contributed by atoms with Crippen molar-refractivity contribution in [3.8, 4) is 0 Å². The summed E-state index contributed by atoms with van der Waals surface area (Å²) < 4.78 is 25.6. The Labute approximate surface area is 192 Å². The number of carbonyl (C=O) groups excluding carboxylic acids is 1. The van der Waals surface area contributed by atoms with Gasteiger partial charge in [0.15, 0.2) is 0 Å². The number of hydrogen-bond acceptors (Lipinski definition) is 5. The van der Waals surface area contributed by atoms with Crippen LogP contribution in [-0.4, -0.2) is 36.3 Å². The Kier molecular flexibility index (Phi) is 5.68. The van der Waals surface area contributed by atoms with Gasteiger partial charge in [-0.1, -0.05) is 23.7 Å². The Morgan fingerprint density at radius 2 is 1.88 bits per heavy atom. The first-order valence-electron chi connectivity index (χ1n) is 10.0. The van der Waals surface area contributed by atoms with Gasteiger partial charge in [0.05, 0.1) is 23.5 Å². The van der Waals surface area contributed by atoms with Crippen molar-refractivity contribution in [1.29, 1.82) is 0 Å². The third-order valence-corrected chi connectivity index (χ3v) is 6.41. The van der Waals surface area contributed by atoms with Crippen LogP contribution in [0.15, 0.2) is 47.6 Å². The van der Waals surface area contributed by atoms with Crippen molar-refractivity contribution in [2.24, 2.45) is 5.10 Å². The maximum Gasteiger partial charge on any atom is 0.240 e. The molecule has 1 unspecified atom stereocenters. The predicted octanol–water partition coefficient (Wildman–Crippen LogP) is 4.57. The number of nitrogens with zero attached hydrogens (tertiary/aromatic N) is 3. The van der Waals surface area contributed by atoms with Gasteiger partial charge in [0, 0.05) is 30.0 Å². The van der Waals surface area contributed by atoms with Crippen LogP contribution < -0.4 is 4.72 Å². The van der Waals surface area contributed by atoms with Gasteiger partial charge >= 0.3 is 0 Å². The highest BCUT2D eigenvalue weighted by Gasteiger charge is 2.33. The van der Waals surface area contributed by atoms with E-state index in [1.807, 2.05) is 32.0 Å². The Bertz CT molecular complexity index is 1390. The van der Waals surface area contributed by atoms with Gasteiger partial charge in [0.25, 0.3) is 0 Å². The molecule has 1 aliphatic rings. The number of halogens is 1. The van der Waals surface area contributed by atoms with E-state index in [1.54, 1.807) is 18.2 Å². The van der Waals surface area contributed by atoms with E-state index in [9.17, 15) is 13.2 Å². The van der Waals surface area contributed by atoms with Crippen LogP contribution in [0.1, 0.15) is 41.6 Å². The number of hydrazone groups is 1. The minimum atomic E-state index is -3.41. The SMILES string of the molecule is CC(=O)N1N=C(c2cccc(NS(C)(=O)=O)c2)CC1c1cc2cc(C)c(C)cc2nc1Cl. The lowest BCUT2D eigenvalue weighted by molar-refractivity contribution is -0.130. The summed E-state index contributed by atoms with van der Waals surface area (Å²) in [5.41, 5.74) is 5.63. The molecule has 0 spiro atoms. The van der Waals surface area contributed by atoms with Gasteiger partial charge in [-0.2, -0.15) is 5.10 Å². The van der Waals surface area contributed by atoms with E-state index in [1.165, 1.54) is 11.9 Å². The molecule has 0 aliphatic carbocycles. The van der Waals surface area contributed by atoms with Crippen LogP contribution in [0.25, 0.3) is 10.9 Å². The number of amides is 1. The molecule has 2 aromatic carbocycles. The van der Waals surface area contributed by atoms with Gasteiger partial charge in [-0.05, 0) is 60.9 Å². The molecule has 0 radical (unpaired) electrons. The molecule has 3 aromatic rings. The average Bonchev–Trinajstić information content (AvgIpc) is 3.13. The maximum absolute atomic E-state index is 12.4. The third-order valence-electron chi connectivity index (χ3n) is 5.50. The number of nitrogens with one attached hydrogen (secondary N) is 1. The zero-order valence-corrected chi connectivity index (χ0v) is 19.8. The first-order valence-corrected chi connectivity index (χ1v) is 12.3. The first kappa shape index (κ1) is 22.2. The van der Waals surface area contributed by atoms with E-state index in [0.29, 0.717) is 23.0 Å². The lowest BCUT2D eigenvalue weighted by Gasteiger charge is -2.21. The number of aromatic nitrogens is 1. The molecule has 4 rings (SSSR count). The van der Waals surface area contributed by atoms with Crippen LogP contribution >= 0.6 is 11.6 Å². The summed E-state index contributed by atoms with van der Waals surface area (Å²) in [6.45, 7) is 5.52. The Hall–Kier alpha value is -2.97. The second-order valence-electron chi connectivity index (χ2n) is 8.08. The second kappa shape index (κ2) is 8.18. The van der Waals surface area contributed by atoms with Crippen LogP contribution in [0.5, 0.6) is 0 Å². The van der Waals surface area contributed by atoms with E-state index in [2.05, 4.69) is 20.9 Å². The molecule has 1 aliphatic heterocycles. The molecule has 9 heteroatoms. The number of aryl methyl sites for hydroxylation is 2. The van der Waals surface area contributed by atoms with Crippen molar-refractivity contribution in [2.75, 3.05) is 11.0 Å². The molecule has 1 atom stereocenters. The normalized spacial score (nSPS) is 16.3. The van der Waals surface area contributed by atoms with Crippen molar-refractivity contribution in [3.05, 3.63) is 69.9 Å². The van der Waals surface area contributed by atoms with E-state index in [-0.39, 0.29) is 5.91 Å². The van der Waals surface area contributed by atoms with Crippen molar-refractivity contribution in [1.82, 2.24) is 9.99 Å². The monoisotopic (exact) mass is 470 g/mol. The summed E-state index contributed by atoms with van der Waals surface area (Å²) in [5.74, 6) is -0.216. The van der Waals surface area contributed by atoms with Crippen LogP contribution in [0.2, 0.25) is 5.15 Å². The molecule has 166 valence electrons. The number of pyridine rings is 1. The molecule has 7 nitrogen and oxygen atoms in total. The Morgan fingerprint density at radius 1 is 1.16 bits per heavy atom. The first-order chi connectivity index (χ1) is 15.0. The van der Waals surface area contributed by atoms with Gasteiger partial charge in [-0.3, -0.25) is 9.52 Å². The number of carbonyl (C=O) groups is 1. The van der Waals surface area contributed by atoms with Gasteiger partial charge in [-0.25, -0.2) is 18.4 Å². The van der Waals surface area contributed by atoms with Crippen molar-refractivity contribution < 1.29 is 13.2 Å². The fraction of sp³-hybridized carbons (Fsp3) is 0.261. The summed E-state index contributed by atoms with van der Waals surface area (Å²) in [6.07, 6.45) is 1.53. The van der Waals surface area contributed by atoms with Gasteiger partial charge < -0.3 is 0 Å². The fourth-order valence-electron chi connectivity index (χ4n) is 3.86. The lowest BCUT2D eigenvalue weighted by atomic mass is 9.97. The van der Waals surface area contributed by atoms with Gasteiger partial charge in [0.2, 0.25) is 15.9 Å². The lowest BCUT2D eigenvalue weighted by Crippen LogP contribution is -2.24. The second-order valence-corrected chi connectivity index (χ2v) is 10.2. The summed E-state index contributed by atoms with van der Waals surface area (Å²) in [4.78, 5) is 17.0. The van der Waals surface area contributed by atoms with Crippen molar-refractivity contribution in [3.63, 3.8) is 0 Å². The van der Waals surface area contributed by atoms with Gasteiger partial charge in [-0.15, -0.1) is 0 Å². The summed E-state index contributed by atoms with van der Waals surface area (Å²) in [7, 11) is -3.41. The van der Waals surface area contributed by atoms with Crippen LogP contribution in [0.3, 0.4) is 0 Å². The molecule has 0 saturated carbocycles. The Morgan fingerprint density at radius 3 is 2.56 bits per heavy atom. The zero-order chi connectivity index (χ0) is 23.2. The van der Waals surface area contributed by atoms with Crippen molar-refractivity contribution >= 4 is 49.8 Å². The summed E-state index contributed by atoms with van der Waals surface area (Å²) in [5, 5.41) is 7.24. The number of hydrogen-bond donors (Lipinski definition) is 1. The third kappa shape index (κ3) is 4.47. The maximum atomic E-state index is 12.4. The average molecular weight is 471 g/mol. The molecule has 1 aromatic heterocycles. The molecule has 0 bridgehead atoms. The van der Waals surface area contributed by atoms with Crippen molar-refractivity contribution in [2.45, 2.75) is 33.2 Å². The number of benzene rings is 2. The molecule has 1 amide bonds. The number of sulfonamides is 1. The molecule has 2 heterocycles. The molecular formula is C23H23ClN4O3S. The summed E-state index contributed by atoms with van der Waals surface area (Å²) in [6, 6.07) is 12.6. The number of anilines is 1. The van der Waals surface area contributed by atoms with Gasteiger partial charge in [0.1, 0.15) is 5.15 Å². The summed E-state index contributed by atoms with van der Waals surface area (Å²) >= 11 is 6.56. The number of fused-ring (bicyclic) bond motifs is 1. The number of rotatable bonds is 4. The largest absolute Gasteiger partial charge is 0.284 e. The molecule has 0 fully saturated rings. The van der Waals surface area contributed by atoms with E-state index < -0.39 is 16.1 Å². The molecule has 32 heavy (non-hydrogen) atoms. The highest BCUT2D eigenvalue weighted by atomic mass is 35.5. The topological polar surface area (TPSA) is 91.7 Å². The molecule has 0 saturated heterocycles. The highest BCUT2D eigenvalue weighted by molar-refractivity contribution is 7.92. The standard InChI is InChI=1S/C23H23ClN4O3S/c1-13-8-17-11-19(23(24)25-20(17)9-14(13)2)22-12-21(26-28(22)15(3)29)16-6-5-7-18(10-16)27-32(4,30)31/h5-11,22,27H,12H2,1-4H3. The van der Waals surface area contributed by atoms with E-state index >= 15 is 0 Å². The minimum absolute atomic E-state index is 0.216. The van der Waals surface area contributed by atoms with E-state index in [4.69, 9.17) is 11.6 Å². The molecule has 1 N–H and O–H groups in total. The smallest absolute Gasteiger partial charge is 0.240 e. The Balaban J connectivity index is 1.73. The fourth-order valence-corrected chi connectivity index (χ4v) is 4.69. The minimum Gasteiger partial charge on any atom is -0.284 e. The van der Waals surface area contributed by atoms with Crippen LogP contribution in [0, 0.1) is 13.8 Å². The van der Waals surface area contributed by atoms with Crippen LogP contribution in [0.4, 0.5) is 5.69 Å². The molecular weight excluding hydrogens is 448 g/mol. The quantitative estimate of drug-likeness (QED) is 0.565. The predicted molar refractivity (Wildman–Crippen MR) is 128 cm³/mol. The highest BCUT2D eigenvalue weighted by Crippen LogP contribution is 2.37. The van der Waals surface area contributed by atoms with E-state index in [0.717, 1.165) is 39.4 Å².